The fraction of sp³-hybridized carbons (Fsp3) is 0.500. The molecule has 1 fully saturated rings. The second-order valence-corrected chi connectivity index (χ2v) is 5.37. The predicted molar refractivity (Wildman–Crippen MR) is 69.2 cm³/mol. The maximum atomic E-state index is 13.5. The number of hydrogen-bond donors (Lipinski definition) is 2. The van der Waals surface area contributed by atoms with Crippen molar-refractivity contribution in [2.24, 2.45) is 0 Å². The van der Waals surface area contributed by atoms with Gasteiger partial charge in [-0.3, -0.25) is 4.79 Å². The summed E-state index contributed by atoms with van der Waals surface area (Å²) < 4.78 is 13.5. The van der Waals surface area contributed by atoms with Gasteiger partial charge in [0.15, 0.2) is 0 Å². The molecule has 1 aromatic rings. The lowest BCUT2D eigenvalue weighted by atomic mass is 9.79. The molecule has 1 spiro atoms. The zero-order valence-electron chi connectivity index (χ0n) is 10.5. The number of rotatable bonds is 0. The lowest BCUT2D eigenvalue weighted by Crippen LogP contribution is -2.53. The number of halogens is 1. The normalized spacial score (nSPS) is 21.1. The average Bonchev–Trinajstić information content (AvgIpc) is 2.35. The number of carbonyl (C=O) groups excluding carboxylic acids is 1. The summed E-state index contributed by atoms with van der Waals surface area (Å²) in [6.07, 6.45) is 5.03. The molecular weight excluding hydrogens is 231 g/mol. The molecule has 0 aromatic heterocycles. The van der Waals surface area contributed by atoms with E-state index in [0.29, 0.717) is 11.3 Å². The van der Waals surface area contributed by atoms with Crippen LogP contribution < -0.4 is 10.6 Å². The van der Waals surface area contributed by atoms with Crippen molar-refractivity contribution < 1.29 is 9.18 Å². The van der Waals surface area contributed by atoms with E-state index in [1.807, 2.05) is 0 Å². The first kappa shape index (κ1) is 11.5. The minimum atomic E-state index is -0.477. The molecule has 18 heavy (non-hydrogen) atoms. The summed E-state index contributed by atoms with van der Waals surface area (Å²) in [6, 6.07) is 3.17. The van der Waals surface area contributed by atoms with Gasteiger partial charge in [0.05, 0.1) is 11.4 Å². The Balaban J connectivity index is 2.00. The van der Waals surface area contributed by atoms with Gasteiger partial charge in [0.2, 0.25) is 5.91 Å². The van der Waals surface area contributed by atoms with Crippen LogP contribution in [0.5, 0.6) is 0 Å². The molecule has 3 rings (SSSR count). The Morgan fingerprint density at radius 1 is 1.17 bits per heavy atom. The predicted octanol–water partition coefficient (Wildman–Crippen LogP) is 3.20. The zero-order chi connectivity index (χ0) is 12.8. The van der Waals surface area contributed by atoms with Crippen LogP contribution in [0.4, 0.5) is 15.8 Å². The molecule has 1 aromatic carbocycles. The molecule has 1 saturated carbocycles. The standard InChI is InChI=1S/C14H17FN2O/c1-9-7-12-11(8-10(9)15)16-13(18)14(17-12)5-3-2-4-6-14/h7-8,17H,2-6H2,1H3,(H,16,18). The Kier molecular flexibility index (Phi) is 2.54. The Morgan fingerprint density at radius 3 is 2.61 bits per heavy atom. The Bertz CT molecular complexity index is 507. The summed E-state index contributed by atoms with van der Waals surface area (Å²) in [7, 11) is 0. The summed E-state index contributed by atoms with van der Waals surface area (Å²) in [5.74, 6) is -0.298. The highest BCUT2D eigenvalue weighted by Gasteiger charge is 2.42. The Hall–Kier alpha value is -1.58. The molecule has 2 aliphatic rings. The van der Waals surface area contributed by atoms with Crippen molar-refractivity contribution >= 4 is 17.3 Å². The third-order valence-electron chi connectivity index (χ3n) is 4.06. The number of amides is 1. The van der Waals surface area contributed by atoms with E-state index in [1.54, 1.807) is 13.0 Å². The molecule has 0 saturated heterocycles. The first-order valence-electron chi connectivity index (χ1n) is 6.50. The molecular formula is C14H17FN2O. The highest BCUT2D eigenvalue weighted by molar-refractivity contribution is 6.06. The highest BCUT2D eigenvalue weighted by atomic mass is 19.1. The van der Waals surface area contributed by atoms with Gasteiger partial charge in [-0.2, -0.15) is 0 Å². The lowest BCUT2D eigenvalue weighted by Gasteiger charge is -2.41. The van der Waals surface area contributed by atoms with Gasteiger partial charge in [0.1, 0.15) is 11.4 Å². The van der Waals surface area contributed by atoms with Gasteiger partial charge in [0, 0.05) is 0 Å². The Morgan fingerprint density at radius 2 is 1.89 bits per heavy atom. The largest absolute Gasteiger partial charge is 0.370 e. The number of carbonyl (C=O) groups is 1. The Labute approximate surface area is 106 Å². The van der Waals surface area contributed by atoms with E-state index in [-0.39, 0.29) is 11.7 Å². The second-order valence-electron chi connectivity index (χ2n) is 5.37. The molecule has 4 heteroatoms. The number of fused-ring (bicyclic) bond motifs is 1. The summed E-state index contributed by atoms with van der Waals surface area (Å²) in [6.45, 7) is 1.74. The van der Waals surface area contributed by atoms with Gasteiger partial charge in [0.25, 0.3) is 0 Å². The van der Waals surface area contributed by atoms with Gasteiger partial charge in [-0.25, -0.2) is 4.39 Å². The molecule has 0 radical (unpaired) electrons. The first-order chi connectivity index (χ1) is 8.61. The topological polar surface area (TPSA) is 41.1 Å². The van der Waals surface area contributed by atoms with Crippen molar-refractivity contribution in [1.82, 2.24) is 0 Å². The van der Waals surface area contributed by atoms with Crippen LogP contribution in [0.1, 0.15) is 37.7 Å². The van der Waals surface area contributed by atoms with Gasteiger partial charge in [-0.1, -0.05) is 19.3 Å². The third kappa shape index (κ3) is 1.67. The first-order valence-corrected chi connectivity index (χ1v) is 6.50. The minimum absolute atomic E-state index is 0.0158. The number of benzene rings is 1. The van der Waals surface area contributed by atoms with E-state index < -0.39 is 5.54 Å². The van der Waals surface area contributed by atoms with Crippen molar-refractivity contribution in [2.45, 2.75) is 44.6 Å². The number of aryl methyl sites for hydroxylation is 1. The van der Waals surface area contributed by atoms with E-state index in [2.05, 4.69) is 10.6 Å². The highest BCUT2D eigenvalue weighted by Crippen LogP contribution is 2.39. The summed E-state index contributed by atoms with van der Waals surface area (Å²) in [5.41, 5.74) is 1.52. The van der Waals surface area contributed by atoms with Crippen LogP contribution in [0.3, 0.4) is 0 Å². The molecule has 3 nitrogen and oxygen atoms in total. The maximum Gasteiger partial charge on any atom is 0.250 e. The summed E-state index contributed by atoms with van der Waals surface area (Å²) in [4.78, 5) is 12.2. The number of nitrogens with one attached hydrogen (secondary N) is 2. The van der Waals surface area contributed by atoms with Crippen LogP contribution in [0.15, 0.2) is 12.1 Å². The SMILES string of the molecule is Cc1cc2c(cc1F)NC(=O)C1(CCCCC1)N2. The maximum absolute atomic E-state index is 13.5. The molecule has 96 valence electrons. The second kappa shape index (κ2) is 3.97. The summed E-state index contributed by atoms with van der Waals surface area (Å²) >= 11 is 0. The third-order valence-corrected chi connectivity index (χ3v) is 4.06. The van der Waals surface area contributed by atoms with Crippen molar-refractivity contribution in [3.8, 4) is 0 Å². The van der Waals surface area contributed by atoms with Crippen LogP contribution in [0.2, 0.25) is 0 Å². The molecule has 1 aliphatic carbocycles. The molecule has 0 atom stereocenters. The van der Waals surface area contributed by atoms with E-state index >= 15 is 0 Å². The molecule has 0 unspecified atom stereocenters. The monoisotopic (exact) mass is 248 g/mol. The molecule has 1 amide bonds. The van der Waals surface area contributed by atoms with Crippen molar-refractivity contribution in [2.75, 3.05) is 10.6 Å². The van der Waals surface area contributed by atoms with Crippen molar-refractivity contribution in [3.05, 3.63) is 23.5 Å². The van der Waals surface area contributed by atoms with Crippen molar-refractivity contribution in [3.63, 3.8) is 0 Å². The smallest absolute Gasteiger partial charge is 0.250 e. The van der Waals surface area contributed by atoms with E-state index in [0.717, 1.165) is 31.4 Å². The fourth-order valence-electron chi connectivity index (χ4n) is 2.95. The van der Waals surface area contributed by atoms with Crippen LogP contribution in [0.25, 0.3) is 0 Å². The van der Waals surface area contributed by atoms with E-state index in [1.165, 1.54) is 12.5 Å². The molecule has 0 bridgehead atoms. The van der Waals surface area contributed by atoms with E-state index in [4.69, 9.17) is 0 Å². The average molecular weight is 248 g/mol. The van der Waals surface area contributed by atoms with Gasteiger partial charge >= 0.3 is 0 Å². The van der Waals surface area contributed by atoms with Crippen LogP contribution in [-0.2, 0) is 4.79 Å². The number of anilines is 2. The van der Waals surface area contributed by atoms with Crippen molar-refractivity contribution in [1.29, 1.82) is 0 Å². The molecule has 1 heterocycles. The van der Waals surface area contributed by atoms with E-state index in [9.17, 15) is 9.18 Å². The van der Waals surface area contributed by atoms with Crippen LogP contribution in [0, 0.1) is 12.7 Å². The quantitative estimate of drug-likeness (QED) is 0.740. The van der Waals surface area contributed by atoms with Crippen LogP contribution in [-0.4, -0.2) is 11.4 Å². The number of hydrogen-bond acceptors (Lipinski definition) is 2. The fourth-order valence-corrected chi connectivity index (χ4v) is 2.95. The minimum Gasteiger partial charge on any atom is -0.370 e. The molecule has 1 aliphatic heterocycles. The lowest BCUT2D eigenvalue weighted by molar-refractivity contribution is -0.121. The molecule has 2 N–H and O–H groups in total. The van der Waals surface area contributed by atoms with Gasteiger partial charge in [-0.15, -0.1) is 0 Å². The van der Waals surface area contributed by atoms with Gasteiger partial charge in [-0.05, 0) is 37.5 Å². The van der Waals surface area contributed by atoms with Crippen LogP contribution >= 0.6 is 0 Å². The summed E-state index contributed by atoms with van der Waals surface area (Å²) in [5, 5.41) is 6.20. The van der Waals surface area contributed by atoms with Gasteiger partial charge < -0.3 is 10.6 Å². The zero-order valence-corrected chi connectivity index (χ0v) is 10.5.